The molecule has 0 aliphatic heterocycles. The molecule has 1 atom stereocenters. The van der Waals surface area contributed by atoms with Gasteiger partial charge in [-0.05, 0) is 19.3 Å². The Morgan fingerprint density at radius 2 is 2.20 bits per heavy atom. The molecule has 4 heteroatoms. The fraction of sp³-hybridized carbons (Fsp3) is 1.00. The highest BCUT2D eigenvalue weighted by molar-refractivity contribution is 7.80. The van der Waals surface area contributed by atoms with Crippen LogP contribution in [-0.2, 0) is 9.22 Å². The van der Waals surface area contributed by atoms with Gasteiger partial charge in [0.25, 0.3) is 0 Å². The van der Waals surface area contributed by atoms with Crippen LogP contribution in [0.4, 0.5) is 0 Å². The van der Waals surface area contributed by atoms with E-state index in [1.54, 1.807) is 0 Å². The second kappa shape index (κ2) is 7.72. The summed E-state index contributed by atoms with van der Waals surface area (Å²) in [5.41, 5.74) is 0. The summed E-state index contributed by atoms with van der Waals surface area (Å²) in [6, 6.07) is 0. The number of hydrogen-bond acceptors (Lipinski definition) is 4. The summed E-state index contributed by atoms with van der Waals surface area (Å²) in [6.45, 7) is 2.72. The molecule has 0 amide bonds. The molecule has 0 radical (unpaired) electrons. The van der Waals surface area contributed by atoms with Crippen LogP contribution in [0.15, 0.2) is 0 Å². The molecule has 0 N–H and O–H groups in total. The lowest BCUT2D eigenvalue weighted by Gasteiger charge is -2.05. The maximum absolute atomic E-state index is 4.56. The third-order valence-electron chi connectivity index (χ3n) is 1.29. The molecule has 0 aliphatic carbocycles. The van der Waals surface area contributed by atoms with Gasteiger partial charge in [-0.2, -0.15) is 17.0 Å². The van der Waals surface area contributed by atoms with Crippen LogP contribution in [0.5, 0.6) is 0 Å². The standard InChI is InChI=1S/C6H14O2S2/c1-2-6(9)4-3-5-7-8-10/h6,9-10H,2-5H2,1H3. The quantitative estimate of drug-likeness (QED) is 0.216. The fourth-order valence-corrected chi connectivity index (χ4v) is 0.876. The zero-order valence-electron chi connectivity index (χ0n) is 6.12. The summed E-state index contributed by atoms with van der Waals surface area (Å²) in [7, 11) is 0. The lowest BCUT2D eigenvalue weighted by Crippen LogP contribution is -1.99. The van der Waals surface area contributed by atoms with Gasteiger partial charge in [0.15, 0.2) is 0 Å². The first-order valence-electron chi connectivity index (χ1n) is 3.42. The predicted molar refractivity (Wildman–Crippen MR) is 48.3 cm³/mol. The van der Waals surface area contributed by atoms with Gasteiger partial charge in [-0.3, -0.25) is 0 Å². The van der Waals surface area contributed by atoms with Crippen LogP contribution >= 0.6 is 25.5 Å². The zero-order chi connectivity index (χ0) is 7.82. The van der Waals surface area contributed by atoms with Crippen LogP contribution in [0.25, 0.3) is 0 Å². The van der Waals surface area contributed by atoms with Gasteiger partial charge in [-0.1, -0.05) is 6.92 Å². The minimum Gasteiger partial charge on any atom is -0.225 e. The molecular formula is C6H14O2S2. The Labute approximate surface area is 73.2 Å². The molecule has 0 aromatic rings. The number of hydrogen-bond donors (Lipinski definition) is 2. The molecule has 0 saturated heterocycles. The first-order chi connectivity index (χ1) is 4.81. The summed E-state index contributed by atoms with van der Waals surface area (Å²) >= 11 is 7.74. The van der Waals surface area contributed by atoms with Crippen molar-refractivity contribution in [3.05, 3.63) is 0 Å². The van der Waals surface area contributed by atoms with Crippen LogP contribution in [0.3, 0.4) is 0 Å². The molecule has 0 fully saturated rings. The van der Waals surface area contributed by atoms with Gasteiger partial charge < -0.3 is 0 Å². The Hall–Kier alpha value is 0.620. The molecule has 62 valence electrons. The van der Waals surface area contributed by atoms with E-state index < -0.39 is 0 Å². The first-order valence-corrected chi connectivity index (χ1v) is 4.30. The SMILES string of the molecule is CCC(S)CCCOOS. The van der Waals surface area contributed by atoms with Gasteiger partial charge in [0.05, 0.1) is 6.61 Å². The van der Waals surface area contributed by atoms with Crippen molar-refractivity contribution < 1.29 is 9.22 Å². The van der Waals surface area contributed by atoms with Gasteiger partial charge in [-0.15, -0.1) is 0 Å². The van der Waals surface area contributed by atoms with Crippen molar-refractivity contribution in [3.63, 3.8) is 0 Å². The van der Waals surface area contributed by atoms with Gasteiger partial charge in [-0.25, -0.2) is 4.89 Å². The maximum atomic E-state index is 4.56. The smallest absolute Gasteiger partial charge is 0.0835 e. The largest absolute Gasteiger partial charge is 0.225 e. The Bertz CT molecular complexity index is 70.8. The van der Waals surface area contributed by atoms with Crippen LogP contribution in [0.1, 0.15) is 26.2 Å². The van der Waals surface area contributed by atoms with E-state index in [1.165, 1.54) is 0 Å². The molecule has 0 bridgehead atoms. The van der Waals surface area contributed by atoms with E-state index in [-0.39, 0.29) is 0 Å². The summed E-state index contributed by atoms with van der Waals surface area (Å²) in [6.07, 6.45) is 3.14. The average molecular weight is 182 g/mol. The Kier molecular flexibility index (Phi) is 8.20. The topological polar surface area (TPSA) is 18.5 Å². The predicted octanol–water partition coefficient (Wildman–Crippen LogP) is 2.27. The van der Waals surface area contributed by atoms with Gasteiger partial charge in [0.1, 0.15) is 0 Å². The van der Waals surface area contributed by atoms with E-state index in [4.69, 9.17) is 0 Å². The van der Waals surface area contributed by atoms with Gasteiger partial charge in [0.2, 0.25) is 0 Å². The normalized spacial score (nSPS) is 13.5. The van der Waals surface area contributed by atoms with E-state index in [2.05, 4.69) is 41.7 Å². The number of rotatable bonds is 6. The highest BCUT2D eigenvalue weighted by Gasteiger charge is 1.98. The van der Waals surface area contributed by atoms with E-state index in [0.29, 0.717) is 11.9 Å². The van der Waals surface area contributed by atoms with Crippen LogP contribution < -0.4 is 0 Å². The Morgan fingerprint density at radius 3 is 2.70 bits per heavy atom. The summed E-state index contributed by atoms with van der Waals surface area (Å²) in [4.78, 5) is 4.56. The Balaban J connectivity index is 2.89. The molecule has 0 aromatic carbocycles. The average Bonchev–Trinajstić information content (AvgIpc) is 1.98. The molecule has 0 spiro atoms. The second-order valence-corrected chi connectivity index (χ2v) is 2.98. The van der Waals surface area contributed by atoms with Crippen molar-refractivity contribution in [2.24, 2.45) is 0 Å². The van der Waals surface area contributed by atoms with Crippen molar-refractivity contribution in [2.75, 3.05) is 6.61 Å². The van der Waals surface area contributed by atoms with Crippen molar-refractivity contribution in [3.8, 4) is 0 Å². The minimum absolute atomic E-state index is 0.489. The molecule has 10 heavy (non-hydrogen) atoms. The number of thiol groups is 2. The maximum Gasteiger partial charge on any atom is 0.0835 e. The van der Waals surface area contributed by atoms with E-state index in [1.807, 2.05) is 0 Å². The fourth-order valence-electron chi connectivity index (χ4n) is 0.619. The second-order valence-electron chi connectivity index (χ2n) is 2.10. The van der Waals surface area contributed by atoms with E-state index in [9.17, 15) is 0 Å². The van der Waals surface area contributed by atoms with Crippen molar-refractivity contribution in [2.45, 2.75) is 31.4 Å². The lowest BCUT2D eigenvalue weighted by atomic mass is 10.2. The third-order valence-corrected chi connectivity index (χ3v) is 2.02. The summed E-state index contributed by atoms with van der Waals surface area (Å²) in [5.74, 6) is 0. The molecule has 1 unspecified atom stereocenters. The van der Waals surface area contributed by atoms with Crippen molar-refractivity contribution in [1.82, 2.24) is 0 Å². The first kappa shape index (κ1) is 10.6. The lowest BCUT2D eigenvalue weighted by molar-refractivity contribution is -0.188. The highest BCUT2D eigenvalue weighted by Crippen LogP contribution is 2.08. The van der Waals surface area contributed by atoms with E-state index >= 15 is 0 Å². The summed E-state index contributed by atoms with van der Waals surface area (Å²) < 4.78 is 4.13. The van der Waals surface area contributed by atoms with Crippen molar-refractivity contribution in [1.29, 1.82) is 0 Å². The summed E-state index contributed by atoms with van der Waals surface area (Å²) in [5, 5.41) is 0.489. The van der Waals surface area contributed by atoms with Gasteiger partial charge >= 0.3 is 0 Å². The monoisotopic (exact) mass is 182 g/mol. The van der Waals surface area contributed by atoms with E-state index in [0.717, 1.165) is 19.3 Å². The van der Waals surface area contributed by atoms with Crippen molar-refractivity contribution >= 4 is 25.5 Å². The molecule has 0 aromatic heterocycles. The van der Waals surface area contributed by atoms with Gasteiger partial charge in [0, 0.05) is 18.2 Å². The highest BCUT2D eigenvalue weighted by atomic mass is 32.1. The third kappa shape index (κ3) is 6.74. The molecule has 2 nitrogen and oxygen atoms in total. The molecular weight excluding hydrogens is 168 g/mol. The minimum atomic E-state index is 0.489. The molecule has 0 saturated carbocycles. The molecule has 0 aliphatic rings. The zero-order valence-corrected chi connectivity index (χ0v) is 7.91. The molecule has 0 heterocycles. The van der Waals surface area contributed by atoms with Crippen LogP contribution in [0.2, 0.25) is 0 Å². The van der Waals surface area contributed by atoms with Crippen LogP contribution in [0, 0.1) is 0 Å². The van der Waals surface area contributed by atoms with Crippen LogP contribution in [-0.4, -0.2) is 11.9 Å². The Morgan fingerprint density at radius 1 is 1.50 bits per heavy atom. The molecule has 0 rings (SSSR count).